The van der Waals surface area contributed by atoms with E-state index in [1.54, 1.807) is 11.3 Å². The second kappa shape index (κ2) is 6.21. The number of nitrogens with one attached hydrogen (secondary N) is 1. The normalized spacial score (nSPS) is 10.5. The molecule has 19 heavy (non-hydrogen) atoms. The predicted octanol–water partition coefficient (Wildman–Crippen LogP) is 3.57. The highest BCUT2D eigenvalue weighted by Gasteiger charge is 2.08. The number of thiophene rings is 1. The van der Waals surface area contributed by atoms with Crippen LogP contribution in [-0.2, 0) is 6.54 Å². The predicted molar refractivity (Wildman–Crippen MR) is 82.4 cm³/mol. The maximum absolute atomic E-state index is 5.95. The fraction of sp³-hybridized carbons (Fsp3) is 0.385. The number of hydrogen-bond donors (Lipinski definition) is 1. The minimum atomic E-state index is 0.675. The molecular weight excluding hydrogens is 280 g/mol. The second-order valence-corrected chi connectivity index (χ2v) is 6.08. The van der Waals surface area contributed by atoms with Crippen molar-refractivity contribution in [1.82, 2.24) is 9.97 Å². The zero-order valence-corrected chi connectivity index (χ0v) is 12.8. The van der Waals surface area contributed by atoms with Crippen molar-refractivity contribution in [3.8, 4) is 0 Å². The lowest BCUT2D eigenvalue weighted by molar-refractivity contribution is 0.897. The number of nitrogens with zero attached hydrogens (tertiary/aromatic N) is 3. The van der Waals surface area contributed by atoms with E-state index < -0.39 is 0 Å². The number of hydrogen-bond acceptors (Lipinski definition) is 5. The van der Waals surface area contributed by atoms with Gasteiger partial charge < -0.3 is 10.2 Å². The van der Waals surface area contributed by atoms with Gasteiger partial charge in [0.05, 0.1) is 10.9 Å². The molecule has 0 saturated carbocycles. The molecule has 0 bridgehead atoms. The SMILES string of the molecule is CCNc1nc(C)cc(N(C)Cc2ccc(Cl)s2)n1. The van der Waals surface area contributed by atoms with E-state index in [-0.39, 0.29) is 0 Å². The summed E-state index contributed by atoms with van der Waals surface area (Å²) in [5.41, 5.74) is 0.956. The Morgan fingerprint density at radius 1 is 1.37 bits per heavy atom. The number of anilines is 2. The maximum atomic E-state index is 5.95. The molecule has 6 heteroatoms. The topological polar surface area (TPSA) is 41.1 Å². The third-order valence-corrected chi connectivity index (χ3v) is 3.80. The van der Waals surface area contributed by atoms with Crippen LogP contribution in [-0.4, -0.2) is 23.6 Å². The Hall–Kier alpha value is -1.33. The Labute approximate surface area is 122 Å². The first-order valence-corrected chi connectivity index (χ1v) is 7.33. The third-order valence-electron chi connectivity index (χ3n) is 2.59. The molecular formula is C13H17ClN4S. The van der Waals surface area contributed by atoms with Gasteiger partial charge in [-0.2, -0.15) is 4.98 Å². The summed E-state index contributed by atoms with van der Waals surface area (Å²) in [5, 5.41) is 3.14. The van der Waals surface area contributed by atoms with Gasteiger partial charge >= 0.3 is 0 Å². The molecule has 2 heterocycles. The summed E-state index contributed by atoms with van der Waals surface area (Å²) in [4.78, 5) is 12.2. The second-order valence-electron chi connectivity index (χ2n) is 4.28. The highest BCUT2D eigenvalue weighted by Crippen LogP contribution is 2.24. The van der Waals surface area contributed by atoms with Crippen LogP contribution in [0.4, 0.5) is 11.8 Å². The van der Waals surface area contributed by atoms with E-state index in [4.69, 9.17) is 11.6 Å². The van der Waals surface area contributed by atoms with Gasteiger partial charge in [-0.3, -0.25) is 0 Å². The molecule has 0 amide bonds. The molecule has 4 nitrogen and oxygen atoms in total. The minimum absolute atomic E-state index is 0.675. The van der Waals surface area contributed by atoms with E-state index in [9.17, 15) is 0 Å². The highest BCUT2D eigenvalue weighted by molar-refractivity contribution is 7.16. The average molecular weight is 297 g/mol. The van der Waals surface area contributed by atoms with Crippen LogP contribution >= 0.6 is 22.9 Å². The van der Waals surface area contributed by atoms with Crippen molar-refractivity contribution >= 4 is 34.7 Å². The Kier molecular flexibility index (Phi) is 4.61. The van der Waals surface area contributed by atoms with Gasteiger partial charge in [0.15, 0.2) is 0 Å². The van der Waals surface area contributed by atoms with Gasteiger partial charge in [-0.05, 0) is 26.0 Å². The molecule has 2 aromatic rings. The summed E-state index contributed by atoms with van der Waals surface area (Å²) >= 11 is 7.54. The van der Waals surface area contributed by atoms with Crippen molar-refractivity contribution in [3.63, 3.8) is 0 Å². The molecule has 1 N–H and O–H groups in total. The highest BCUT2D eigenvalue weighted by atomic mass is 35.5. The van der Waals surface area contributed by atoms with Gasteiger partial charge in [0, 0.05) is 30.2 Å². The van der Waals surface area contributed by atoms with E-state index >= 15 is 0 Å². The molecule has 0 atom stereocenters. The lowest BCUT2D eigenvalue weighted by Crippen LogP contribution is -2.18. The van der Waals surface area contributed by atoms with Crippen molar-refractivity contribution in [2.45, 2.75) is 20.4 Å². The van der Waals surface area contributed by atoms with Gasteiger partial charge in [-0.25, -0.2) is 4.98 Å². The number of aryl methyl sites for hydroxylation is 1. The largest absolute Gasteiger partial charge is 0.354 e. The summed E-state index contributed by atoms with van der Waals surface area (Å²) in [7, 11) is 2.02. The monoisotopic (exact) mass is 296 g/mol. The number of halogens is 1. The fourth-order valence-corrected chi connectivity index (χ4v) is 2.88. The lowest BCUT2D eigenvalue weighted by Gasteiger charge is -2.18. The standard InChI is InChI=1S/C13H17ClN4S/c1-4-15-13-16-9(2)7-12(17-13)18(3)8-10-5-6-11(14)19-10/h5-7H,4,8H2,1-3H3,(H,15,16,17). The molecule has 0 aliphatic carbocycles. The van der Waals surface area contributed by atoms with Crippen LogP contribution in [0.1, 0.15) is 17.5 Å². The summed E-state index contributed by atoms with van der Waals surface area (Å²) in [6.45, 7) is 5.61. The average Bonchev–Trinajstić information content (AvgIpc) is 2.74. The van der Waals surface area contributed by atoms with Crippen LogP contribution in [0.15, 0.2) is 18.2 Å². The Balaban J connectivity index is 2.15. The summed E-state index contributed by atoms with van der Waals surface area (Å²) in [6, 6.07) is 5.95. The summed E-state index contributed by atoms with van der Waals surface area (Å²) in [5.74, 6) is 1.58. The van der Waals surface area contributed by atoms with Crippen molar-refractivity contribution in [3.05, 3.63) is 33.1 Å². The van der Waals surface area contributed by atoms with Crippen LogP contribution in [0.3, 0.4) is 0 Å². The van der Waals surface area contributed by atoms with Gasteiger partial charge in [0.2, 0.25) is 5.95 Å². The van der Waals surface area contributed by atoms with Crippen molar-refractivity contribution in [1.29, 1.82) is 0 Å². The molecule has 0 unspecified atom stereocenters. The van der Waals surface area contributed by atoms with Gasteiger partial charge in [0.25, 0.3) is 0 Å². The van der Waals surface area contributed by atoms with Crippen LogP contribution in [0, 0.1) is 6.92 Å². The molecule has 0 aliphatic rings. The first kappa shape index (κ1) is 14.1. The Morgan fingerprint density at radius 3 is 2.79 bits per heavy atom. The Morgan fingerprint density at radius 2 is 2.16 bits per heavy atom. The zero-order chi connectivity index (χ0) is 13.8. The number of aromatic nitrogens is 2. The summed E-state index contributed by atoms with van der Waals surface area (Å²) in [6.07, 6.45) is 0. The van der Waals surface area contributed by atoms with Crippen LogP contribution in [0.25, 0.3) is 0 Å². The quantitative estimate of drug-likeness (QED) is 0.916. The zero-order valence-electron chi connectivity index (χ0n) is 11.3. The van der Waals surface area contributed by atoms with E-state index in [1.165, 1.54) is 4.88 Å². The third kappa shape index (κ3) is 3.81. The van der Waals surface area contributed by atoms with Crippen molar-refractivity contribution in [2.24, 2.45) is 0 Å². The first-order valence-electron chi connectivity index (χ1n) is 6.13. The van der Waals surface area contributed by atoms with Gasteiger partial charge in [-0.1, -0.05) is 11.6 Å². The van der Waals surface area contributed by atoms with Gasteiger partial charge in [-0.15, -0.1) is 11.3 Å². The number of rotatable bonds is 5. The molecule has 0 aliphatic heterocycles. The molecule has 2 aromatic heterocycles. The van der Waals surface area contributed by atoms with E-state index in [1.807, 2.05) is 39.1 Å². The fourth-order valence-electron chi connectivity index (χ4n) is 1.74. The van der Waals surface area contributed by atoms with E-state index in [0.29, 0.717) is 5.95 Å². The van der Waals surface area contributed by atoms with Crippen molar-refractivity contribution in [2.75, 3.05) is 23.8 Å². The molecule has 0 aromatic carbocycles. The molecule has 0 saturated heterocycles. The van der Waals surface area contributed by atoms with Gasteiger partial charge in [0.1, 0.15) is 5.82 Å². The van der Waals surface area contributed by atoms with Crippen LogP contribution in [0.5, 0.6) is 0 Å². The molecule has 2 rings (SSSR count). The van der Waals surface area contributed by atoms with E-state index in [0.717, 1.165) is 28.9 Å². The molecule has 0 fully saturated rings. The van der Waals surface area contributed by atoms with Crippen LogP contribution < -0.4 is 10.2 Å². The summed E-state index contributed by atoms with van der Waals surface area (Å²) < 4.78 is 0.815. The van der Waals surface area contributed by atoms with Crippen LogP contribution in [0.2, 0.25) is 4.34 Å². The lowest BCUT2D eigenvalue weighted by atomic mass is 10.4. The first-order chi connectivity index (χ1) is 9.08. The molecule has 102 valence electrons. The van der Waals surface area contributed by atoms with E-state index in [2.05, 4.69) is 20.2 Å². The molecule has 0 radical (unpaired) electrons. The molecule has 0 spiro atoms. The maximum Gasteiger partial charge on any atom is 0.224 e. The van der Waals surface area contributed by atoms with Crippen molar-refractivity contribution < 1.29 is 0 Å². The smallest absolute Gasteiger partial charge is 0.224 e. The minimum Gasteiger partial charge on any atom is -0.354 e. The Bertz CT molecular complexity index is 555.